The summed E-state index contributed by atoms with van der Waals surface area (Å²) in [7, 11) is 0. The van der Waals surface area contributed by atoms with Crippen molar-refractivity contribution in [2.24, 2.45) is 0 Å². The van der Waals surface area contributed by atoms with Crippen molar-refractivity contribution in [2.75, 3.05) is 13.2 Å². The van der Waals surface area contributed by atoms with Crippen LogP contribution in [0.1, 0.15) is 20.8 Å². The second kappa shape index (κ2) is 10.2. The lowest BCUT2D eigenvalue weighted by molar-refractivity contribution is 0.0604. The predicted octanol–water partition coefficient (Wildman–Crippen LogP) is 2.34. The van der Waals surface area contributed by atoms with Crippen LogP contribution in [-0.2, 0) is 4.74 Å². The van der Waals surface area contributed by atoms with E-state index in [0.29, 0.717) is 12.7 Å². The lowest BCUT2D eigenvalue weighted by Crippen LogP contribution is -2.34. The first kappa shape index (κ1) is 13.8. The highest BCUT2D eigenvalue weighted by Gasteiger charge is 2.08. The molecule has 1 heterocycles. The molecule has 1 unspecified atom stereocenters. The molecule has 1 rings (SSSR count). The first-order chi connectivity index (χ1) is 5.79. The number of hydrogen-bond acceptors (Lipinski definition) is 2. The largest absolute Gasteiger partial charge is 0.384 e. The number of ether oxygens (including phenoxy) is 1. The lowest BCUT2D eigenvalue weighted by Gasteiger charge is -2.22. The van der Waals surface area contributed by atoms with Crippen LogP contribution in [0, 0.1) is 0 Å². The van der Waals surface area contributed by atoms with Crippen LogP contribution in [0.25, 0.3) is 0 Å². The van der Waals surface area contributed by atoms with Crippen LogP contribution in [0.15, 0.2) is 25.4 Å². The van der Waals surface area contributed by atoms with Crippen molar-refractivity contribution < 1.29 is 4.74 Å². The van der Waals surface area contributed by atoms with E-state index in [4.69, 9.17) is 4.74 Å². The normalized spacial score (nSPS) is 20.6. The molecule has 1 atom stereocenters. The molecule has 0 aromatic rings. The topological polar surface area (TPSA) is 21.3 Å². The van der Waals surface area contributed by atoms with E-state index in [1.54, 1.807) is 0 Å². The monoisotopic (exact) mass is 171 g/mol. The van der Waals surface area contributed by atoms with Gasteiger partial charge in [-0.15, -0.1) is 13.2 Å². The third-order valence-corrected chi connectivity index (χ3v) is 1.18. The molecule has 0 saturated carbocycles. The van der Waals surface area contributed by atoms with Gasteiger partial charge < -0.3 is 10.1 Å². The molecule has 1 aliphatic rings. The molecule has 72 valence electrons. The van der Waals surface area contributed by atoms with E-state index in [1.165, 1.54) is 0 Å². The zero-order chi connectivity index (χ0) is 9.98. The fraction of sp³-hybridized carbons (Fsp3) is 0.600. The van der Waals surface area contributed by atoms with E-state index in [9.17, 15) is 0 Å². The molecule has 1 aliphatic heterocycles. The predicted molar refractivity (Wildman–Crippen MR) is 55.2 cm³/mol. The van der Waals surface area contributed by atoms with E-state index in [2.05, 4.69) is 25.1 Å². The van der Waals surface area contributed by atoms with E-state index in [-0.39, 0.29) is 0 Å². The minimum Gasteiger partial charge on any atom is -0.384 e. The maximum atomic E-state index is 5.23. The molecule has 1 saturated heterocycles. The van der Waals surface area contributed by atoms with Gasteiger partial charge in [0, 0.05) is 12.2 Å². The average molecular weight is 171 g/mol. The summed E-state index contributed by atoms with van der Waals surface area (Å²) in [5.74, 6) is 0. The minimum absolute atomic E-state index is 0.348. The Morgan fingerprint density at radius 2 is 1.92 bits per heavy atom. The van der Waals surface area contributed by atoms with Gasteiger partial charge in [-0.25, -0.2) is 0 Å². The Kier molecular flexibility index (Phi) is 11.8. The van der Waals surface area contributed by atoms with Crippen LogP contribution in [0.2, 0.25) is 0 Å². The molecule has 12 heavy (non-hydrogen) atoms. The highest BCUT2D eigenvalue weighted by molar-refractivity contribution is 4.94. The summed E-state index contributed by atoms with van der Waals surface area (Å²) in [6.45, 7) is 17.3. The molecule has 2 nitrogen and oxygen atoms in total. The van der Waals surface area contributed by atoms with Gasteiger partial charge in [0.15, 0.2) is 0 Å². The highest BCUT2D eigenvalue weighted by atomic mass is 16.5. The molecule has 0 aliphatic carbocycles. The zero-order valence-corrected chi connectivity index (χ0v) is 8.52. The van der Waals surface area contributed by atoms with Crippen molar-refractivity contribution in [3.05, 3.63) is 25.4 Å². The van der Waals surface area contributed by atoms with Crippen LogP contribution < -0.4 is 5.32 Å². The van der Waals surface area contributed by atoms with E-state index in [1.807, 2.05) is 20.8 Å². The van der Waals surface area contributed by atoms with Gasteiger partial charge >= 0.3 is 0 Å². The second-order valence-electron chi connectivity index (χ2n) is 2.11. The number of hydrogen-bond donors (Lipinski definition) is 1. The number of nitrogens with one attached hydrogen (secondary N) is 1. The molecule has 1 fully saturated rings. The Bertz CT molecular complexity index is 102. The Labute approximate surface area is 76.3 Å². The summed E-state index contributed by atoms with van der Waals surface area (Å²) in [5.41, 5.74) is 0.989. The summed E-state index contributed by atoms with van der Waals surface area (Å²) in [4.78, 5) is 0. The Morgan fingerprint density at radius 3 is 2.17 bits per heavy atom. The average Bonchev–Trinajstić information content (AvgIpc) is 2.17. The van der Waals surface area contributed by atoms with Crippen LogP contribution in [-0.4, -0.2) is 19.3 Å². The van der Waals surface area contributed by atoms with E-state index >= 15 is 0 Å². The third kappa shape index (κ3) is 7.35. The standard InChI is InChI=1S/C6H11NO.C2H6.C2H4/c1-5-4-8-6(2)3-7-5;2*1-2/h6-7H,1,3-4H2,2H3;1-2H3;1-2H2. The molecule has 2 heteroatoms. The summed E-state index contributed by atoms with van der Waals surface area (Å²) in [6.07, 6.45) is 0.348. The Hall–Kier alpha value is -0.760. The molecular formula is C10H21NO. The van der Waals surface area contributed by atoms with Gasteiger partial charge in [0.1, 0.15) is 0 Å². The van der Waals surface area contributed by atoms with E-state index in [0.717, 1.165) is 12.2 Å². The maximum absolute atomic E-state index is 5.23. The fourth-order valence-electron chi connectivity index (χ4n) is 0.641. The van der Waals surface area contributed by atoms with Crippen molar-refractivity contribution in [3.8, 4) is 0 Å². The molecule has 0 aromatic heterocycles. The smallest absolute Gasteiger partial charge is 0.0860 e. The van der Waals surface area contributed by atoms with Gasteiger partial charge in [0.05, 0.1) is 12.7 Å². The number of morpholine rings is 1. The van der Waals surface area contributed by atoms with Crippen molar-refractivity contribution in [1.29, 1.82) is 0 Å². The summed E-state index contributed by atoms with van der Waals surface area (Å²) in [6, 6.07) is 0. The Balaban J connectivity index is 0. The molecule has 0 amide bonds. The molecule has 0 aromatic carbocycles. The van der Waals surface area contributed by atoms with Crippen molar-refractivity contribution in [2.45, 2.75) is 26.9 Å². The maximum Gasteiger partial charge on any atom is 0.0860 e. The van der Waals surface area contributed by atoms with Crippen LogP contribution in [0.3, 0.4) is 0 Å². The summed E-state index contributed by atoms with van der Waals surface area (Å²) in [5, 5.41) is 3.11. The van der Waals surface area contributed by atoms with E-state index < -0.39 is 0 Å². The van der Waals surface area contributed by atoms with Gasteiger partial charge in [-0.05, 0) is 6.92 Å². The van der Waals surface area contributed by atoms with Gasteiger partial charge in [0.25, 0.3) is 0 Å². The van der Waals surface area contributed by atoms with Gasteiger partial charge in [-0.3, -0.25) is 0 Å². The van der Waals surface area contributed by atoms with Crippen LogP contribution in [0.5, 0.6) is 0 Å². The molecule has 0 radical (unpaired) electrons. The van der Waals surface area contributed by atoms with Crippen LogP contribution >= 0.6 is 0 Å². The first-order valence-corrected chi connectivity index (χ1v) is 4.32. The lowest BCUT2D eigenvalue weighted by atomic mass is 10.3. The first-order valence-electron chi connectivity index (χ1n) is 4.32. The second-order valence-corrected chi connectivity index (χ2v) is 2.11. The van der Waals surface area contributed by atoms with Gasteiger partial charge in [-0.2, -0.15) is 0 Å². The van der Waals surface area contributed by atoms with Gasteiger partial charge in [-0.1, -0.05) is 20.4 Å². The van der Waals surface area contributed by atoms with Gasteiger partial charge in [0.2, 0.25) is 0 Å². The zero-order valence-electron chi connectivity index (χ0n) is 8.52. The summed E-state index contributed by atoms with van der Waals surface area (Å²) >= 11 is 0. The molecule has 1 N–H and O–H groups in total. The quantitative estimate of drug-likeness (QED) is 0.565. The molecular weight excluding hydrogens is 150 g/mol. The van der Waals surface area contributed by atoms with Crippen molar-refractivity contribution in [1.82, 2.24) is 5.32 Å². The SMILES string of the molecule is C=C.C=C1COC(C)CN1.CC. The van der Waals surface area contributed by atoms with Crippen molar-refractivity contribution >= 4 is 0 Å². The molecule has 0 bridgehead atoms. The van der Waals surface area contributed by atoms with Crippen molar-refractivity contribution in [3.63, 3.8) is 0 Å². The minimum atomic E-state index is 0.348. The molecule has 0 spiro atoms. The number of rotatable bonds is 0. The fourth-order valence-corrected chi connectivity index (χ4v) is 0.641. The highest BCUT2D eigenvalue weighted by Crippen LogP contribution is 1.99. The van der Waals surface area contributed by atoms with Crippen LogP contribution in [0.4, 0.5) is 0 Å². The summed E-state index contributed by atoms with van der Waals surface area (Å²) < 4.78 is 5.23. The third-order valence-electron chi connectivity index (χ3n) is 1.18. The Morgan fingerprint density at radius 1 is 1.42 bits per heavy atom.